The van der Waals surface area contributed by atoms with Crippen molar-refractivity contribution in [1.82, 2.24) is 0 Å². The number of benzene rings is 2. The van der Waals surface area contributed by atoms with Crippen molar-refractivity contribution < 1.29 is 28.8 Å². The third-order valence-corrected chi connectivity index (χ3v) is 4.18. The van der Waals surface area contributed by atoms with E-state index in [0.717, 1.165) is 0 Å². The molecule has 0 radical (unpaired) electrons. The molecule has 7 nitrogen and oxygen atoms in total. The quantitative estimate of drug-likeness (QED) is 0.794. The summed E-state index contributed by atoms with van der Waals surface area (Å²) in [5.74, 6) is -0.181. The van der Waals surface area contributed by atoms with Crippen LogP contribution in [0.15, 0.2) is 60.7 Å². The standard InChI is InChI=1S/C12H10O7S2/c13-20(14,17-11-7-3-1-4-8-11)19-21(15,16)18-12-9-5-2-6-10-12/h1-10H. The lowest BCUT2D eigenvalue weighted by Gasteiger charge is -2.07. The summed E-state index contributed by atoms with van der Waals surface area (Å²) < 4.78 is 58.9. The summed E-state index contributed by atoms with van der Waals surface area (Å²) in [4.78, 5) is 0. The Morgan fingerprint density at radius 3 is 1.24 bits per heavy atom. The minimum absolute atomic E-state index is 0.0904. The van der Waals surface area contributed by atoms with Crippen molar-refractivity contribution in [2.24, 2.45) is 0 Å². The fraction of sp³-hybridized carbons (Fsp3) is 0. The fourth-order valence-electron chi connectivity index (χ4n) is 1.32. The molecule has 0 saturated heterocycles. The maximum absolute atomic E-state index is 11.5. The van der Waals surface area contributed by atoms with Gasteiger partial charge in [0.25, 0.3) is 0 Å². The molecule has 0 aliphatic rings. The highest BCUT2D eigenvalue weighted by Gasteiger charge is 2.27. The summed E-state index contributed by atoms with van der Waals surface area (Å²) in [6.45, 7) is 0. The van der Waals surface area contributed by atoms with E-state index in [1.807, 2.05) is 0 Å². The molecule has 0 saturated carbocycles. The van der Waals surface area contributed by atoms with Crippen molar-refractivity contribution in [3.8, 4) is 11.5 Å². The summed E-state index contributed by atoms with van der Waals surface area (Å²) in [5.41, 5.74) is 0. The SMILES string of the molecule is O=S(=O)(Oc1ccccc1)OS(=O)(=O)Oc1ccccc1. The summed E-state index contributed by atoms with van der Waals surface area (Å²) in [5, 5.41) is 0. The maximum Gasteiger partial charge on any atom is 0.466 e. The second-order valence-corrected chi connectivity index (χ2v) is 6.19. The van der Waals surface area contributed by atoms with Crippen molar-refractivity contribution >= 4 is 20.8 Å². The lowest BCUT2D eigenvalue weighted by molar-refractivity contribution is 0.351. The van der Waals surface area contributed by atoms with E-state index in [2.05, 4.69) is 12.0 Å². The minimum Gasteiger partial charge on any atom is -0.361 e. The molecule has 2 aromatic rings. The van der Waals surface area contributed by atoms with Crippen LogP contribution in [0, 0.1) is 0 Å². The van der Waals surface area contributed by atoms with Crippen molar-refractivity contribution in [1.29, 1.82) is 0 Å². The normalized spacial score (nSPS) is 11.8. The van der Waals surface area contributed by atoms with E-state index in [4.69, 9.17) is 0 Å². The van der Waals surface area contributed by atoms with Gasteiger partial charge in [-0.1, -0.05) is 40.0 Å². The van der Waals surface area contributed by atoms with Gasteiger partial charge in [0, 0.05) is 0 Å². The van der Waals surface area contributed by atoms with Crippen LogP contribution in [0.1, 0.15) is 0 Å². The topological polar surface area (TPSA) is 96.0 Å². The van der Waals surface area contributed by atoms with Crippen molar-refractivity contribution in [3.05, 3.63) is 60.7 Å². The van der Waals surface area contributed by atoms with Crippen LogP contribution in [-0.2, 0) is 24.4 Å². The van der Waals surface area contributed by atoms with Gasteiger partial charge in [0.05, 0.1) is 0 Å². The Bertz CT molecular complexity index is 715. The van der Waals surface area contributed by atoms with E-state index in [1.165, 1.54) is 48.5 Å². The molecule has 0 aliphatic heterocycles. The molecule has 0 fully saturated rings. The Morgan fingerprint density at radius 1 is 0.571 bits per heavy atom. The third kappa shape index (κ3) is 5.06. The van der Waals surface area contributed by atoms with Gasteiger partial charge in [-0.15, -0.1) is 0 Å². The molecule has 21 heavy (non-hydrogen) atoms. The first kappa shape index (κ1) is 15.3. The van der Waals surface area contributed by atoms with E-state index in [-0.39, 0.29) is 11.5 Å². The van der Waals surface area contributed by atoms with Gasteiger partial charge < -0.3 is 8.37 Å². The van der Waals surface area contributed by atoms with Gasteiger partial charge in [-0.25, -0.2) is 0 Å². The van der Waals surface area contributed by atoms with Gasteiger partial charge in [0.1, 0.15) is 11.5 Å². The van der Waals surface area contributed by atoms with Gasteiger partial charge in [0.2, 0.25) is 0 Å². The molecule has 0 atom stereocenters. The predicted octanol–water partition coefficient (Wildman–Crippen LogP) is 1.65. The zero-order valence-electron chi connectivity index (χ0n) is 10.4. The van der Waals surface area contributed by atoms with Gasteiger partial charge in [-0.05, 0) is 24.3 Å². The molecule has 0 spiro atoms. The van der Waals surface area contributed by atoms with Crippen LogP contribution in [0.4, 0.5) is 0 Å². The molecule has 9 heteroatoms. The van der Waals surface area contributed by atoms with E-state index >= 15 is 0 Å². The molecule has 0 heterocycles. The van der Waals surface area contributed by atoms with Gasteiger partial charge in [-0.3, -0.25) is 0 Å². The Labute approximate surface area is 122 Å². The monoisotopic (exact) mass is 330 g/mol. The molecule has 0 unspecified atom stereocenters. The molecule has 112 valence electrons. The summed E-state index contributed by atoms with van der Waals surface area (Å²) >= 11 is 0. The predicted molar refractivity (Wildman–Crippen MR) is 73.1 cm³/mol. The average Bonchev–Trinajstić information content (AvgIpc) is 2.38. The van der Waals surface area contributed by atoms with Crippen LogP contribution in [0.25, 0.3) is 0 Å². The first-order valence-corrected chi connectivity index (χ1v) is 8.23. The zero-order valence-corrected chi connectivity index (χ0v) is 12.1. The van der Waals surface area contributed by atoms with Crippen LogP contribution in [0.5, 0.6) is 11.5 Å². The lowest BCUT2D eigenvalue weighted by Crippen LogP contribution is -2.22. The first-order chi connectivity index (χ1) is 9.86. The van der Waals surface area contributed by atoms with Gasteiger partial charge in [0.15, 0.2) is 0 Å². The molecular formula is C12H10O7S2. The van der Waals surface area contributed by atoms with Gasteiger partial charge in [-0.2, -0.15) is 16.8 Å². The van der Waals surface area contributed by atoms with Crippen molar-refractivity contribution in [2.75, 3.05) is 0 Å². The van der Waals surface area contributed by atoms with E-state index < -0.39 is 20.8 Å². The second kappa shape index (κ2) is 6.12. The van der Waals surface area contributed by atoms with E-state index in [0.29, 0.717) is 0 Å². The number of rotatable bonds is 6. The molecule has 2 rings (SSSR count). The summed E-state index contributed by atoms with van der Waals surface area (Å²) in [6.07, 6.45) is 0. The number of hydrogen-bond acceptors (Lipinski definition) is 7. The lowest BCUT2D eigenvalue weighted by atomic mass is 10.3. The summed E-state index contributed by atoms with van der Waals surface area (Å²) in [7, 11) is -9.65. The van der Waals surface area contributed by atoms with Crippen LogP contribution in [0.2, 0.25) is 0 Å². The Kier molecular flexibility index (Phi) is 4.46. The maximum atomic E-state index is 11.5. The highest BCUT2D eigenvalue weighted by molar-refractivity contribution is 7.95. The van der Waals surface area contributed by atoms with Gasteiger partial charge >= 0.3 is 20.8 Å². The molecular weight excluding hydrogens is 320 g/mol. The zero-order chi connectivity index (χ0) is 15.3. The summed E-state index contributed by atoms with van der Waals surface area (Å²) in [6, 6.07) is 14.6. The van der Waals surface area contributed by atoms with Crippen LogP contribution in [-0.4, -0.2) is 16.8 Å². The highest BCUT2D eigenvalue weighted by atomic mass is 32.3. The fourth-order valence-corrected chi connectivity index (χ4v) is 3.05. The highest BCUT2D eigenvalue weighted by Crippen LogP contribution is 2.17. The molecule has 0 amide bonds. The second-order valence-electron chi connectivity index (χ2n) is 3.68. The minimum atomic E-state index is -4.83. The third-order valence-electron chi connectivity index (χ3n) is 2.05. The van der Waals surface area contributed by atoms with Crippen molar-refractivity contribution in [3.63, 3.8) is 0 Å². The molecule has 0 aliphatic carbocycles. The van der Waals surface area contributed by atoms with Crippen LogP contribution < -0.4 is 8.37 Å². The smallest absolute Gasteiger partial charge is 0.361 e. The van der Waals surface area contributed by atoms with Crippen molar-refractivity contribution in [2.45, 2.75) is 0 Å². The van der Waals surface area contributed by atoms with Crippen LogP contribution >= 0.6 is 0 Å². The molecule has 0 bridgehead atoms. The first-order valence-electron chi connectivity index (χ1n) is 5.56. The van der Waals surface area contributed by atoms with E-state index in [9.17, 15) is 16.8 Å². The Hall–Kier alpha value is -2.10. The molecule has 0 N–H and O–H groups in total. The largest absolute Gasteiger partial charge is 0.466 e. The molecule has 0 aromatic heterocycles. The van der Waals surface area contributed by atoms with E-state index in [1.54, 1.807) is 12.1 Å². The van der Waals surface area contributed by atoms with Crippen LogP contribution in [0.3, 0.4) is 0 Å². The Morgan fingerprint density at radius 2 is 0.905 bits per heavy atom. The number of para-hydroxylation sites is 2. The molecule has 2 aromatic carbocycles. The average molecular weight is 330 g/mol. The number of hydrogen-bond donors (Lipinski definition) is 0. The Balaban J connectivity index is 2.09.